The number of aliphatic hydroxyl groups excluding tert-OH is 1. The maximum Gasteiger partial charge on any atom is 0.415 e. The second-order valence-corrected chi connectivity index (χ2v) is 4.61. The lowest BCUT2D eigenvalue weighted by Crippen LogP contribution is -2.54. The Morgan fingerprint density at radius 2 is 1.75 bits per heavy atom. The van der Waals surface area contributed by atoms with E-state index in [1.165, 1.54) is 0 Å². The smallest absolute Gasteiger partial charge is 0.382 e. The van der Waals surface area contributed by atoms with E-state index in [9.17, 15) is 13.2 Å². The van der Waals surface area contributed by atoms with E-state index in [0.717, 1.165) is 12.8 Å². The first-order valence-corrected chi connectivity index (χ1v) is 5.85. The van der Waals surface area contributed by atoms with Crippen LogP contribution in [0.2, 0.25) is 0 Å². The zero-order chi connectivity index (χ0) is 12.3. The van der Waals surface area contributed by atoms with E-state index in [1.807, 2.05) is 0 Å². The van der Waals surface area contributed by atoms with Gasteiger partial charge >= 0.3 is 6.18 Å². The average molecular weight is 239 g/mol. The van der Waals surface area contributed by atoms with E-state index in [-0.39, 0.29) is 6.54 Å². The molecule has 0 radical (unpaired) electrons. The first kappa shape index (κ1) is 13.8. The van der Waals surface area contributed by atoms with Crippen LogP contribution in [-0.4, -0.2) is 41.9 Å². The molecule has 1 aliphatic rings. The Morgan fingerprint density at radius 3 is 2.12 bits per heavy atom. The van der Waals surface area contributed by atoms with Crippen LogP contribution in [0, 0.1) is 11.8 Å². The highest BCUT2D eigenvalue weighted by molar-refractivity contribution is 4.86. The van der Waals surface area contributed by atoms with Gasteiger partial charge in [0.2, 0.25) is 0 Å². The molecular weight excluding hydrogens is 219 g/mol. The molecule has 0 amide bonds. The average Bonchev–Trinajstić information content (AvgIpc) is 2.13. The lowest BCUT2D eigenvalue weighted by atomic mass is 9.82. The first-order chi connectivity index (χ1) is 7.38. The molecule has 1 heterocycles. The van der Waals surface area contributed by atoms with Crippen molar-refractivity contribution in [2.75, 3.05) is 19.6 Å². The Labute approximate surface area is 94.4 Å². The SMILES string of the molecule is CCC(CC)C1CN(CC(O)C(F)(F)F)C1. The molecule has 0 aromatic carbocycles. The molecule has 2 nitrogen and oxygen atoms in total. The van der Waals surface area contributed by atoms with Gasteiger partial charge in [-0.3, -0.25) is 4.90 Å². The molecular formula is C11H20F3NO. The number of hydrogen-bond donors (Lipinski definition) is 1. The fourth-order valence-corrected chi connectivity index (χ4v) is 2.36. The van der Waals surface area contributed by atoms with Crippen LogP contribution in [0.3, 0.4) is 0 Å². The van der Waals surface area contributed by atoms with Gasteiger partial charge in [0.25, 0.3) is 0 Å². The van der Waals surface area contributed by atoms with Crippen molar-refractivity contribution in [3.05, 3.63) is 0 Å². The summed E-state index contributed by atoms with van der Waals surface area (Å²) in [6.07, 6.45) is -4.52. The van der Waals surface area contributed by atoms with E-state index >= 15 is 0 Å². The zero-order valence-corrected chi connectivity index (χ0v) is 9.80. The van der Waals surface area contributed by atoms with Gasteiger partial charge in [0.15, 0.2) is 6.10 Å². The van der Waals surface area contributed by atoms with Crippen LogP contribution in [0.1, 0.15) is 26.7 Å². The molecule has 0 bridgehead atoms. The molecule has 1 fully saturated rings. The Balaban J connectivity index is 2.26. The van der Waals surface area contributed by atoms with Gasteiger partial charge in [0.1, 0.15) is 0 Å². The van der Waals surface area contributed by atoms with Crippen molar-refractivity contribution in [2.24, 2.45) is 11.8 Å². The molecule has 0 saturated carbocycles. The third-order valence-corrected chi connectivity index (χ3v) is 3.51. The van der Waals surface area contributed by atoms with Crippen molar-refractivity contribution in [1.82, 2.24) is 4.90 Å². The van der Waals surface area contributed by atoms with E-state index in [2.05, 4.69) is 13.8 Å². The van der Waals surface area contributed by atoms with E-state index in [4.69, 9.17) is 5.11 Å². The second-order valence-electron chi connectivity index (χ2n) is 4.61. The summed E-state index contributed by atoms with van der Waals surface area (Å²) in [6.45, 7) is 5.34. The largest absolute Gasteiger partial charge is 0.415 e. The molecule has 1 aliphatic heterocycles. The number of hydrogen-bond acceptors (Lipinski definition) is 2. The van der Waals surface area contributed by atoms with Crippen molar-refractivity contribution in [2.45, 2.75) is 39.0 Å². The fourth-order valence-electron chi connectivity index (χ4n) is 2.36. The first-order valence-electron chi connectivity index (χ1n) is 5.85. The third kappa shape index (κ3) is 3.35. The molecule has 0 aliphatic carbocycles. The van der Waals surface area contributed by atoms with Gasteiger partial charge in [-0.2, -0.15) is 13.2 Å². The normalized spacial score (nSPS) is 21.2. The van der Waals surface area contributed by atoms with E-state index in [1.54, 1.807) is 4.90 Å². The van der Waals surface area contributed by atoms with Crippen LogP contribution in [0.15, 0.2) is 0 Å². The van der Waals surface area contributed by atoms with Crippen molar-refractivity contribution in [1.29, 1.82) is 0 Å². The summed E-state index contributed by atoms with van der Waals surface area (Å²) in [4.78, 5) is 1.68. The third-order valence-electron chi connectivity index (χ3n) is 3.51. The van der Waals surface area contributed by atoms with Gasteiger partial charge < -0.3 is 5.11 Å². The Kier molecular flexibility index (Phi) is 4.62. The van der Waals surface area contributed by atoms with Gasteiger partial charge in [-0.15, -0.1) is 0 Å². The molecule has 16 heavy (non-hydrogen) atoms. The number of aliphatic hydroxyl groups is 1. The molecule has 5 heteroatoms. The van der Waals surface area contributed by atoms with Crippen LogP contribution >= 0.6 is 0 Å². The molecule has 1 N–H and O–H groups in total. The van der Waals surface area contributed by atoms with Gasteiger partial charge in [-0.1, -0.05) is 26.7 Å². The van der Waals surface area contributed by atoms with Crippen molar-refractivity contribution in [3.63, 3.8) is 0 Å². The molecule has 0 aromatic rings. The quantitative estimate of drug-likeness (QED) is 0.795. The lowest BCUT2D eigenvalue weighted by Gasteiger charge is -2.44. The Bertz CT molecular complexity index is 210. The van der Waals surface area contributed by atoms with E-state index < -0.39 is 12.3 Å². The number of halogens is 3. The van der Waals surface area contributed by atoms with Gasteiger partial charge in [0, 0.05) is 19.6 Å². The van der Waals surface area contributed by atoms with Crippen molar-refractivity contribution in [3.8, 4) is 0 Å². The standard InChI is InChI=1S/C11H20F3NO/c1-3-8(4-2)9-5-15(6-9)7-10(16)11(12,13)14/h8-10,16H,3-7H2,1-2H3. The number of nitrogens with zero attached hydrogens (tertiary/aromatic N) is 1. The molecule has 0 aromatic heterocycles. The summed E-state index contributed by atoms with van der Waals surface area (Å²) in [5, 5.41) is 8.89. The maximum atomic E-state index is 12.1. The van der Waals surface area contributed by atoms with Gasteiger partial charge in [-0.25, -0.2) is 0 Å². The number of likely N-dealkylation sites (tertiary alicyclic amines) is 1. The van der Waals surface area contributed by atoms with Crippen LogP contribution in [0.25, 0.3) is 0 Å². The van der Waals surface area contributed by atoms with Crippen LogP contribution < -0.4 is 0 Å². The summed E-state index contributed by atoms with van der Waals surface area (Å²) in [6, 6.07) is 0. The molecule has 1 rings (SSSR count). The maximum absolute atomic E-state index is 12.1. The predicted molar refractivity (Wildman–Crippen MR) is 56.1 cm³/mol. The fraction of sp³-hybridized carbons (Fsp3) is 1.00. The van der Waals surface area contributed by atoms with Gasteiger partial charge in [0.05, 0.1) is 0 Å². The van der Waals surface area contributed by atoms with Crippen LogP contribution in [0.4, 0.5) is 13.2 Å². The highest BCUT2D eigenvalue weighted by Gasteiger charge is 2.42. The number of alkyl halides is 3. The molecule has 1 unspecified atom stereocenters. The summed E-state index contributed by atoms with van der Waals surface area (Å²) in [7, 11) is 0. The minimum Gasteiger partial charge on any atom is -0.382 e. The summed E-state index contributed by atoms with van der Waals surface area (Å²) >= 11 is 0. The summed E-state index contributed by atoms with van der Waals surface area (Å²) in [5.74, 6) is 1.12. The van der Waals surface area contributed by atoms with Crippen LogP contribution in [-0.2, 0) is 0 Å². The molecule has 1 atom stereocenters. The molecule has 96 valence electrons. The Hall–Kier alpha value is -0.290. The number of β-amino-alcohol motifs (C(OH)–C–C–N with tert-alkyl or cyclic N) is 1. The van der Waals surface area contributed by atoms with Gasteiger partial charge in [-0.05, 0) is 11.8 Å². The lowest BCUT2D eigenvalue weighted by molar-refractivity contribution is -0.212. The highest BCUT2D eigenvalue weighted by Crippen LogP contribution is 2.30. The van der Waals surface area contributed by atoms with Crippen LogP contribution in [0.5, 0.6) is 0 Å². The molecule has 1 saturated heterocycles. The topological polar surface area (TPSA) is 23.5 Å². The Morgan fingerprint density at radius 1 is 1.25 bits per heavy atom. The second kappa shape index (κ2) is 5.36. The molecule has 0 spiro atoms. The summed E-state index contributed by atoms with van der Waals surface area (Å²) < 4.78 is 36.2. The van der Waals surface area contributed by atoms with Crippen molar-refractivity contribution < 1.29 is 18.3 Å². The minimum atomic E-state index is -4.49. The van der Waals surface area contributed by atoms with Crippen molar-refractivity contribution >= 4 is 0 Å². The monoisotopic (exact) mass is 239 g/mol. The number of rotatable bonds is 5. The zero-order valence-electron chi connectivity index (χ0n) is 9.80. The predicted octanol–water partition coefficient (Wildman–Crippen LogP) is 2.28. The minimum absolute atomic E-state index is 0.278. The summed E-state index contributed by atoms with van der Waals surface area (Å²) in [5.41, 5.74) is 0. The van der Waals surface area contributed by atoms with E-state index in [0.29, 0.717) is 24.9 Å². The highest BCUT2D eigenvalue weighted by atomic mass is 19.4.